The summed E-state index contributed by atoms with van der Waals surface area (Å²) in [4.78, 5) is 13.7. The van der Waals surface area contributed by atoms with E-state index in [1.807, 2.05) is 38.2 Å². The van der Waals surface area contributed by atoms with Gasteiger partial charge in [0, 0.05) is 13.6 Å². The van der Waals surface area contributed by atoms with E-state index in [2.05, 4.69) is 10.2 Å². The van der Waals surface area contributed by atoms with Gasteiger partial charge in [-0.15, -0.1) is 0 Å². The maximum absolute atomic E-state index is 11.6. The zero-order valence-corrected chi connectivity index (χ0v) is 8.45. The molecule has 1 aromatic rings. The maximum Gasteiger partial charge on any atom is 0.229 e. The molecule has 0 spiro atoms. The highest BCUT2D eigenvalue weighted by Gasteiger charge is 2.21. The fourth-order valence-electron chi connectivity index (χ4n) is 1.76. The van der Waals surface area contributed by atoms with Crippen LogP contribution in [0.3, 0.4) is 0 Å². The lowest BCUT2D eigenvalue weighted by atomic mass is 10.1. The Hall–Kier alpha value is -1.51. The standard InChI is InChI=1S/C11H14N2O/c1-8-7-13(2)10-6-4-3-5-9(10)12-11(8)14/h3-6,8H,7H2,1-2H3,(H,12,14)/t8-/m1/s1. The minimum absolute atomic E-state index is 0.0346. The highest BCUT2D eigenvalue weighted by Crippen LogP contribution is 2.28. The Morgan fingerprint density at radius 3 is 2.93 bits per heavy atom. The van der Waals surface area contributed by atoms with Crippen LogP contribution >= 0.6 is 0 Å². The summed E-state index contributed by atoms with van der Waals surface area (Å²) in [7, 11) is 2.01. The molecule has 0 fully saturated rings. The van der Waals surface area contributed by atoms with E-state index in [4.69, 9.17) is 0 Å². The van der Waals surface area contributed by atoms with Gasteiger partial charge < -0.3 is 10.2 Å². The van der Waals surface area contributed by atoms with Crippen LogP contribution in [0.5, 0.6) is 0 Å². The number of para-hydroxylation sites is 2. The van der Waals surface area contributed by atoms with Crippen molar-refractivity contribution in [2.45, 2.75) is 6.92 Å². The van der Waals surface area contributed by atoms with Crippen molar-refractivity contribution in [1.29, 1.82) is 0 Å². The lowest BCUT2D eigenvalue weighted by Gasteiger charge is -2.19. The van der Waals surface area contributed by atoms with Crippen molar-refractivity contribution < 1.29 is 4.79 Å². The number of hydrogen-bond donors (Lipinski definition) is 1. The van der Waals surface area contributed by atoms with Crippen molar-refractivity contribution in [1.82, 2.24) is 0 Å². The molecular formula is C11H14N2O. The van der Waals surface area contributed by atoms with E-state index >= 15 is 0 Å². The van der Waals surface area contributed by atoms with E-state index in [1.165, 1.54) is 0 Å². The molecule has 74 valence electrons. The van der Waals surface area contributed by atoms with E-state index in [0.717, 1.165) is 17.9 Å². The molecule has 1 atom stereocenters. The molecule has 1 aliphatic rings. The lowest BCUT2D eigenvalue weighted by molar-refractivity contribution is -0.119. The van der Waals surface area contributed by atoms with Gasteiger partial charge in [-0.1, -0.05) is 19.1 Å². The number of hydrogen-bond acceptors (Lipinski definition) is 2. The fourth-order valence-corrected chi connectivity index (χ4v) is 1.76. The van der Waals surface area contributed by atoms with Crippen LogP contribution < -0.4 is 10.2 Å². The quantitative estimate of drug-likeness (QED) is 0.675. The first-order valence-electron chi connectivity index (χ1n) is 4.79. The van der Waals surface area contributed by atoms with Crippen LogP contribution in [0, 0.1) is 5.92 Å². The fraction of sp³-hybridized carbons (Fsp3) is 0.364. The van der Waals surface area contributed by atoms with Crippen LogP contribution in [0.2, 0.25) is 0 Å². The summed E-state index contributed by atoms with van der Waals surface area (Å²) in [5.41, 5.74) is 1.99. The summed E-state index contributed by atoms with van der Waals surface area (Å²) in [6.45, 7) is 2.71. The largest absolute Gasteiger partial charge is 0.372 e. The van der Waals surface area contributed by atoms with Gasteiger partial charge in [-0.3, -0.25) is 4.79 Å². The molecule has 3 heteroatoms. The first-order chi connectivity index (χ1) is 6.68. The van der Waals surface area contributed by atoms with Gasteiger partial charge in [0.05, 0.1) is 17.3 Å². The number of anilines is 2. The minimum Gasteiger partial charge on any atom is -0.372 e. The number of benzene rings is 1. The highest BCUT2D eigenvalue weighted by atomic mass is 16.1. The van der Waals surface area contributed by atoms with Crippen molar-refractivity contribution in [3.05, 3.63) is 24.3 Å². The Morgan fingerprint density at radius 2 is 2.14 bits per heavy atom. The Balaban J connectivity index is 2.43. The third-order valence-electron chi connectivity index (χ3n) is 2.57. The molecule has 2 rings (SSSR count). The lowest BCUT2D eigenvalue weighted by Crippen LogP contribution is -2.27. The van der Waals surface area contributed by atoms with Crippen molar-refractivity contribution in [2.24, 2.45) is 5.92 Å². The number of amides is 1. The molecule has 1 heterocycles. The van der Waals surface area contributed by atoms with Gasteiger partial charge >= 0.3 is 0 Å². The van der Waals surface area contributed by atoms with E-state index < -0.39 is 0 Å². The molecular weight excluding hydrogens is 176 g/mol. The third-order valence-corrected chi connectivity index (χ3v) is 2.57. The smallest absolute Gasteiger partial charge is 0.229 e. The van der Waals surface area contributed by atoms with Crippen LogP contribution in [0.25, 0.3) is 0 Å². The van der Waals surface area contributed by atoms with Gasteiger partial charge in [-0.05, 0) is 12.1 Å². The van der Waals surface area contributed by atoms with Crippen LogP contribution in [-0.4, -0.2) is 19.5 Å². The van der Waals surface area contributed by atoms with Crippen molar-refractivity contribution in [3.8, 4) is 0 Å². The van der Waals surface area contributed by atoms with Gasteiger partial charge in [0.1, 0.15) is 0 Å². The first kappa shape index (κ1) is 9.06. The average Bonchev–Trinajstić information content (AvgIpc) is 2.27. The zero-order chi connectivity index (χ0) is 10.1. The number of fused-ring (bicyclic) bond motifs is 1. The molecule has 0 saturated heterocycles. The number of carbonyl (C=O) groups excluding carboxylic acids is 1. The molecule has 14 heavy (non-hydrogen) atoms. The zero-order valence-electron chi connectivity index (χ0n) is 8.45. The molecule has 0 unspecified atom stereocenters. The second kappa shape index (κ2) is 3.33. The van der Waals surface area contributed by atoms with Crippen LogP contribution in [0.1, 0.15) is 6.92 Å². The molecule has 0 aromatic heterocycles. The van der Waals surface area contributed by atoms with E-state index in [-0.39, 0.29) is 11.8 Å². The van der Waals surface area contributed by atoms with Gasteiger partial charge in [-0.2, -0.15) is 0 Å². The van der Waals surface area contributed by atoms with Crippen molar-refractivity contribution >= 4 is 17.3 Å². The number of nitrogens with one attached hydrogen (secondary N) is 1. The van der Waals surface area contributed by atoms with Gasteiger partial charge in [0.2, 0.25) is 5.91 Å². The minimum atomic E-state index is 0.0346. The second-order valence-electron chi connectivity index (χ2n) is 3.79. The molecule has 0 aliphatic carbocycles. The summed E-state index contributed by atoms with van der Waals surface area (Å²) in [5.74, 6) is 0.134. The topological polar surface area (TPSA) is 32.3 Å². The molecule has 0 saturated carbocycles. The average molecular weight is 190 g/mol. The number of carbonyl (C=O) groups is 1. The van der Waals surface area contributed by atoms with E-state index in [9.17, 15) is 4.79 Å². The number of rotatable bonds is 0. The van der Waals surface area contributed by atoms with Crippen molar-refractivity contribution in [3.63, 3.8) is 0 Å². The predicted molar refractivity (Wildman–Crippen MR) is 57.5 cm³/mol. The summed E-state index contributed by atoms with van der Waals surface area (Å²) >= 11 is 0. The van der Waals surface area contributed by atoms with E-state index in [0.29, 0.717) is 0 Å². The van der Waals surface area contributed by atoms with Crippen LogP contribution in [-0.2, 0) is 4.79 Å². The molecule has 1 aliphatic heterocycles. The normalized spacial score (nSPS) is 21.1. The first-order valence-corrected chi connectivity index (χ1v) is 4.79. The molecule has 0 bridgehead atoms. The predicted octanol–water partition coefficient (Wildman–Crippen LogP) is 1.71. The maximum atomic E-state index is 11.6. The van der Waals surface area contributed by atoms with Gasteiger partial charge in [0.25, 0.3) is 0 Å². The van der Waals surface area contributed by atoms with Gasteiger partial charge in [-0.25, -0.2) is 0 Å². The molecule has 1 aromatic carbocycles. The van der Waals surface area contributed by atoms with Gasteiger partial charge in [0.15, 0.2) is 0 Å². The molecule has 0 radical (unpaired) electrons. The van der Waals surface area contributed by atoms with E-state index in [1.54, 1.807) is 0 Å². The Bertz CT molecular complexity index is 362. The summed E-state index contributed by atoms with van der Waals surface area (Å²) in [5, 5.41) is 2.92. The summed E-state index contributed by atoms with van der Waals surface area (Å²) < 4.78 is 0. The van der Waals surface area contributed by atoms with Crippen LogP contribution in [0.15, 0.2) is 24.3 Å². The summed E-state index contributed by atoms with van der Waals surface area (Å²) in [6.07, 6.45) is 0. The monoisotopic (exact) mass is 190 g/mol. The Kier molecular flexibility index (Phi) is 2.15. The molecule has 3 nitrogen and oxygen atoms in total. The second-order valence-corrected chi connectivity index (χ2v) is 3.79. The van der Waals surface area contributed by atoms with Crippen molar-refractivity contribution in [2.75, 3.05) is 23.8 Å². The summed E-state index contributed by atoms with van der Waals surface area (Å²) in [6, 6.07) is 7.87. The highest BCUT2D eigenvalue weighted by molar-refractivity contribution is 5.97. The van der Waals surface area contributed by atoms with Crippen LogP contribution in [0.4, 0.5) is 11.4 Å². The SMILES string of the molecule is C[C@@H]1CN(C)c2ccccc2NC1=O. The molecule has 1 amide bonds. The molecule has 1 N–H and O–H groups in total. The number of nitrogens with zero attached hydrogens (tertiary/aromatic N) is 1. The third kappa shape index (κ3) is 1.45. The Labute approximate surface area is 83.7 Å². The Morgan fingerprint density at radius 1 is 1.43 bits per heavy atom.